The van der Waals surface area contributed by atoms with Crippen molar-refractivity contribution in [3.05, 3.63) is 69.5 Å². The minimum absolute atomic E-state index is 0.293. The lowest BCUT2D eigenvalue weighted by Crippen LogP contribution is -2.19. The number of allylic oxidation sites excluding steroid dienone is 1. The van der Waals surface area contributed by atoms with Gasteiger partial charge in [0.1, 0.15) is 0 Å². The highest BCUT2D eigenvalue weighted by Gasteiger charge is 2.17. The Labute approximate surface area is 141 Å². The van der Waals surface area contributed by atoms with Gasteiger partial charge in [-0.2, -0.15) is 0 Å². The molecule has 0 aliphatic heterocycles. The number of rotatable bonds is 4. The van der Waals surface area contributed by atoms with E-state index in [4.69, 9.17) is 0 Å². The molecule has 0 heterocycles. The summed E-state index contributed by atoms with van der Waals surface area (Å²) in [5.74, 6) is 0.293. The molecule has 2 aromatic carbocycles. The Kier molecular flexibility index (Phi) is 5.30. The SMILES string of the molecule is CC/C(=C(/O)N(C)c1c(C)cc(C)cc1Br)c1ccccc1. The van der Waals surface area contributed by atoms with Crippen LogP contribution in [0.3, 0.4) is 0 Å². The van der Waals surface area contributed by atoms with E-state index in [1.165, 1.54) is 5.56 Å². The summed E-state index contributed by atoms with van der Waals surface area (Å²) >= 11 is 3.62. The zero-order valence-electron chi connectivity index (χ0n) is 13.5. The molecule has 2 nitrogen and oxygen atoms in total. The molecule has 0 saturated heterocycles. The second kappa shape index (κ2) is 7.01. The van der Waals surface area contributed by atoms with Crippen LogP contribution in [0.15, 0.2) is 52.8 Å². The topological polar surface area (TPSA) is 23.5 Å². The lowest BCUT2D eigenvalue weighted by molar-refractivity contribution is 0.398. The number of hydrogen-bond acceptors (Lipinski definition) is 2. The fourth-order valence-electron chi connectivity index (χ4n) is 2.77. The molecule has 22 heavy (non-hydrogen) atoms. The van der Waals surface area contributed by atoms with Crippen LogP contribution in [0.2, 0.25) is 0 Å². The van der Waals surface area contributed by atoms with Gasteiger partial charge in [0.05, 0.1) is 5.69 Å². The van der Waals surface area contributed by atoms with Gasteiger partial charge in [-0.3, -0.25) is 0 Å². The predicted molar refractivity (Wildman–Crippen MR) is 98.3 cm³/mol. The number of halogens is 1. The summed E-state index contributed by atoms with van der Waals surface area (Å²) in [5.41, 5.74) is 5.31. The highest BCUT2D eigenvalue weighted by molar-refractivity contribution is 9.10. The third-order valence-electron chi connectivity index (χ3n) is 3.80. The Balaban J connectivity index is 2.52. The first-order valence-electron chi connectivity index (χ1n) is 7.43. The molecule has 0 aliphatic carbocycles. The summed E-state index contributed by atoms with van der Waals surface area (Å²) in [6, 6.07) is 14.2. The van der Waals surface area contributed by atoms with Crippen molar-refractivity contribution in [2.75, 3.05) is 11.9 Å². The molecule has 0 spiro atoms. The van der Waals surface area contributed by atoms with Crippen LogP contribution in [0.5, 0.6) is 0 Å². The number of aliphatic hydroxyl groups is 1. The highest BCUT2D eigenvalue weighted by atomic mass is 79.9. The molecule has 0 amide bonds. The third-order valence-corrected chi connectivity index (χ3v) is 4.40. The summed E-state index contributed by atoms with van der Waals surface area (Å²) in [6.07, 6.45) is 0.767. The van der Waals surface area contributed by atoms with Gasteiger partial charge in [-0.05, 0) is 59.0 Å². The van der Waals surface area contributed by atoms with E-state index < -0.39 is 0 Å². The van der Waals surface area contributed by atoms with Gasteiger partial charge in [-0.25, -0.2) is 0 Å². The monoisotopic (exact) mass is 359 g/mol. The summed E-state index contributed by atoms with van der Waals surface area (Å²) in [6.45, 7) is 6.19. The van der Waals surface area contributed by atoms with Gasteiger partial charge < -0.3 is 10.0 Å². The summed E-state index contributed by atoms with van der Waals surface area (Å²) in [4.78, 5) is 1.85. The Morgan fingerprint density at radius 1 is 1.14 bits per heavy atom. The molecule has 3 heteroatoms. The van der Waals surface area contributed by atoms with E-state index >= 15 is 0 Å². The average molecular weight is 360 g/mol. The van der Waals surface area contributed by atoms with Gasteiger partial charge in [0.15, 0.2) is 5.88 Å². The van der Waals surface area contributed by atoms with E-state index in [1.807, 2.05) is 42.3 Å². The molecule has 2 aromatic rings. The number of benzene rings is 2. The molecule has 0 saturated carbocycles. The fraction of sp³-hybridized carbons (Fsp3) is 0.263. The minimum Gasteiger partial charge on any atom is -0.494 e. The maximum absolute atomic E-state index is 10.8. The van der Waals surface area contributed by atoms with Gasteiger partial charge in [-0.1, -0.05) is 43.3 Å². The van der Waals surface area contributed by atoms with Crippen molar-refractivity contribution in [3.8, 4) is 0 Å². The standard InChI is InChI=1S/C19H22BrNO/c1-5-16(15-9-7-6-8-10-15)19(22)21(4)18-14(3)11-13(2)12-17(18)20/h6-12,22H,5H2,1-4H3/b19-16-. The molecule has 0 atom stereocenters. The Morgan fingerprint density at radius 2 is 1.77 bits per heavy atom. The first-order valence-corrected chi connectivity index (χ1v) is 8.23. The van der Waals surface area contributed by atoms with Crippen LogP contribution in [0.1, 0.15) is 30.0 Å². The van der Waals surface area contributed by atoms with E-state index in [1.54, 1.807) is 0 Å². The van der Waals surface area contributed by atoms with Gasteiger partial charge in [-0.15, -0.1) is 0 Å². The molecular weight excluding hydrogens is 338 g/mol. The lowest BCUT2D eigenvalue weighted by Gasteiger charge is -2.24. The maximum Gasteiger partial charge on any atom is 0.195 e. The minimum atomic E-state index is 0.293. The number of hydrogen-bond donors (Lipinski definition) is 1. The number of anilines is 1. The van der Waals surface area contributed by atoms with E-state index in [0.717, 1.165) is 33.3 Å². The predicted octanol–water partition coefficient (Wildman–Crippen LogP) is 5.84. The smallest absolute Gasteiger partial charge is 0.195 e. The van der Waals surface area contributed by atoms with Crippen molar-refractivity contribution in [1.29, 1.82) is 0 Å². The lowest BCUT2D eigenvalue weighted by atomic mass is 10.0. The zero-order valence-corrected chi connectivity index (χ0v) is 15.1. The van der Waals surface area contributed by atoms with Crippen LogP contribution in [0, 0.1) is 13.8 Å². The second-order valence-corrected chi connectivity index (χ2v) is 6.35. The van der Waals surface area contributed by atoms with Gasteiger partial charge in [0, 0.05) is 17.1 Å². The average Bonchev–Trinajstić information content (AvgIpc) is 2.47. The first kappa shape index (κ1) is 16.6. The molecule has 2 rings (SSSR count). The van der Waals surface area contributed by atoms with E-state index in [2.05, 4.69) is 48.8 Å². The summed E-state index contributed by atoms with van der Waals surface area (Å²) < 4.78 is 0.988. The Morgan fingerprint density at radius 3 is 2.32 bits per heavy atom. The van der Waals surface area contributed by atoms with Crippen LogP contribution >= 0.6 is 15.9 Å². The van der Waals surface area contributed by atoms with E-state index in [0.29, 0.717) is 5.88 Å². The fourth-order valence-corrected chi connectivity index (χ4v) is 3.71. The zero-order chi connectivity index (χ0) is 16.3. The quantitative estimate of drug-likeness (QED) is 0.693. The van der Waals surface area contributed by atoms with Crippen LogP contribution in [-0.2, 0) is 0 Å². The Bertz CT molecular complexity index is 669. The molecule has 0 aliphatic rings. The largest absolute Gasteiger partial charge is 0.494 e. The Hall–Kier alpha value is -1.74. The van der Waals surface area contributed by atoms with Crippen LogP contribution in [0.25, 0.3) is 5.57 Å². The van der Waals surface area contributed by atoms with Crippen LogP contribution < -0.4 is 4.90 Å². The number of aryl methyl sites for hydroxylation is 2. The normalized spacial score (nSPS) is 12.0. The molecule has 0 bridgehead atoms. The maximum atomic E-state index is 10.8. The van der Waals surface area contributed by atoms with Gasteiger partial charge >= 0.3 is 0 Å². The van der Waals surface area contributed by atoms with Crippen LogP contribution in [0.4, 0.5) is 5.69 Å². The molecular formula is C19H22BrNO. The van der Waals surface area contributed by atoms with Crippen molar-refractivity contribution in [2.45, 2.75) is 27.2 Å². The summed E-state index contributed by atoms with van der Waals surface area (Å²) in [7, 11) is 1.90. The number of aliphatic hydroxyl groups excluding tert-OH is 1. The van der Waals surface area contributed by atoms with Crippen LogP contribution in [-0.4, -0.2) is 12.2 Å². The number of nitrogens with zero attached hydrogens (tertiary/aromatic N) is 1. The first-order chi connectivity index (χ1) is 10.5. The molecule has 0 fully saturated rings. The van der Waals surface area contributed by atoms with Crippen molar-refractivity contribution >= 4 is 27.2 Å². The molecule has 1 N–H and O–H groups in total. The van der Waals surface area contributed by atoms with Crippen molar-refractivity contribution in [2.24, 2.45) is 0 Å². The van der Waals surface area contributed by atoms with Gasteiger partial charge in [0.2, 0.25) is 0 Å². The van der Waals surface area contributed by atoms with Gasteiger partial charge in [0.25, 0.3) is 0 Å². The summed E-state index contributed by atoms with van der Waals surface area (Å²) in [5, 5.41) is 10.8. The highest BCUT2D eigenvalue weighted by Crippen LogP contribution is 2.34. The van der Waals surface area contributed by atoms with E-state index in [9.17, 15) is 5.11 Å². The third kappa shape index (κ3) is 3.36. The molecule has 116 valence electrons. The van der Waals surface area contributed by atoms with Crippen molar-refractivity contribution in [1.82, 2.24) is 0 Å². The second-order valence-electron chi connectivity index (χ2n) is 5.49. The van der Waals surface area contributed by atoms with E-state index in [-0.39, 0.29) is 0 Å². The molecule has 0 radical (unpaired) electrons. The molecule has 0 unspecified atom stereocenters. The van der Waals surface area contributed by atoms with Crippen molar-refractivity contribution in [3.63, 3.8) is 0 Å². The molecule has 0 aromatic heterocycles. The van der Waals surface area contributed by atoms with Crippen molar-refractivity contribution < 1.29 is 5.11 Å².